The minimum absolute atomic E-state index is 0.387. The Morgan fingerprint density at radius 3 is 2.25 bits per heavy atom. The fourth-order valence-electron chi connectivity index (χ4n) is 0.428. The fraction of sp³-hybridized carbons (Fsp3) is 0.500. The van der Waals surface area contributed by atoms with Gasteiger partial charge in [0.25, 0.3) is 0 Å². The SMILES string of the molecule is C=N/C(=C\N)C(C)C. The van der Waals surface area contributed by atoms with Crippen molar-refractivity contribution >= 4 is 6.72 Å². The summed E-state index contributed by atoms with van der Waals surface area (Å²) in [4.78, 5) is 3.69. The quantitative estimate of drug-likeness (QED) is 0.534. The molecule has 0 heterocycles. The van der Waals surface area contributed by atoms with Crippen LogP contribution in [0.4, 0.5) is 0 Å². The van der Waals surface area contributed by atoms with Crippen LogP contribution in [0.25, 0.3) is 0 Å². The summed E-state index contributed by atoms with van der Waals surface area (Å²) in [6.07, 6.45) is 1.48. The van der Waals surface area contributed by atoms with Crippen molar-refractivity contribution in [2.45, 2.75) is 13.8 Å². The molecule has 2 heteroatoms. The number of rotatable bonds is 2. The van der Waals surface area contributed by atoms with Gasteiger partial charge in [0, 0.05) is 6.20 Å². The number of nitrogens with zero attached hydrogens (tertiary/aromatic N) is 1. The van der Waals surface area contributed by atoms with Gasteiger partial charge in [-0.15, -0.1) is 0 Å². The highest BCUT2D eigenvalue weighted by Gasteiger charge is 1.95. The second kappa shape index (κ2) is 3.24. The second-order valence-electron chi connectivity index (χ2n) is 1.90. The van der Waals surface area contributed by atoms with Gasteiger partial charge in [0.15, 0.2) is 0 Å². The van der Waals surface area contributed by atoms with Crippen LogP contribution in [0, 0.1) is 5.92 Å². The zero-order valence-corrected chi connectivity index (χ0v) is 5.39. The van der Waals surface area contributed by atoms with E-state index in [1.54, 1.807) is 0 Å². The molecular formula is C6H12N2. The van der Waals surface area contributed by atoms with E-state index < -0.39 is 0 Å². The molecule has 0 atom stereocenters. The maximum absolute atomic E-state index is 5.19. The Hall–Kier alpha value is -0.790. The lowest BCUT2D eigenvalue weighted by Crippen LogP contribution is -1.93. The van der Waals surface area contributed by atoms with Gasteiger partial charge >= 0.3 is 0 Å². The van der Waals surface area contributed by atoms with E-state index in [9.17, 15) is 0 Å². The Bertz CT molecular complexity index is 103. The first-order chi connectivity index (χ1) is 3.72. The minimum atomic E-state index is 0.387. The monoisotopic (exact) mass is 112 g/mol. The molecule has 0 radical (unpaired) electrons. The van der Waals surface area contributed by atoms with E-state index in [4.69, 9.17) is 5.73 Å². The Labute approximate surface area is 50.1 Å². The molecule has 0 saturated carbocycles. The number of hydrogen-bond acceptors (Lipinski definition) is 2. The molecule has 8 heavy (non-hydrogen) atoms. The highest BCUT2D eigenvalue weighted by molar-refractivity contribution is 5.29. The van der Waals surface area contributed by atoms with E-state index in [-0.39, 0.29) is 0 Å². The zero-order valence-electron chi connectivity index (χ0n) is 5.39. The molecule has 46 valence electrons. The molecular weight excluding hydrogens is 100 g/mol. The van der Waals surface area contributed by atoms with Crippen molar-refractivity contribution in [1.29, 1.82) is 0 Å². The normalized spacial score (nSPS) is 12.1. The van der Waals surface area contributed by atoms with Crippen LogP contribution < -0.4 is 5.73 Å². The predicted octanol–water partition coefficient (Wildman–Crippen LogP) is 1.14. The third-order valence-corrected chi connectivity index (χ3v) is 0.945. The van der Waals surface area contributed by atoms with E-state index in [0.717, 1.165) is 5.70 Å². The maximum Gasteiger partial charge on any atom is 0.0575 e. The average Bonchev–Trinajstić information content (AvgIpc) is 1.69. The van der Waals surface area contributed by atoms with Gasteiger partial charge in [-0.1, -0.05) is 13.8 Å². The first kappa shape index (κ1) is 7.21. The molecule has 0 aliphatic rings. The number of allylic oxidation sites excluding steroid dienone is 1. The molecule has 0 amide bonds. The third kappa shape index (κ3) is 1.78. The van der Waals surface area contributed by atoms with Gasteiger partial charge < -0.3 is 5.73 Å². The molecule has 0 aromatic rings. The van der Waals surface area contributed by atoms with Crippen molar-refractivity contribution in [3.05, 3.63) is 11.9 Å². The van der Waals surface area contributed by atoms with E-state index in [1.165, 1.54) is 6.20 Å². The van der Waals surface area contributed by atoms with Crippen LogP contribution in [0.5, 0.6) is 0 Å². The van der Waals surface area contributed by atoms with Crippen LogP contribution in [-0.4, -0.2) is 6.72 Å². The number of nitrogens with two attached hydrogens (primary N) is 1. The van der Waals surface area contributed by atoms with Gasteiger partial charge in [0.05, 0.1) is 5.70 Å². The van der Waals surface area contributed by atoms with Crippen LogP contribution in [0.15, 0.2) is 16.9 Å². The Balaban J connectivity index is 3.91. The van der Waals surface area contributed by atoms with Crippen molar-refractivity contribution < 1.29 is 0 Å². The van der Waals surface area contributed by atoms with Crippen LogP contribution in [-0.2, 0) is 0 Å². The highest BCUT2D eigenvalue weighted by Crippen LogP contribution is 2.06. The average molecular weight is 112 g/mol. The summed E-state index contributed by atoms with van der Waals surface area (Å²) in [7, 11) is 0. The van der Waals surface area contributed by atoms with Crippen LogP contribution >= 0.6 is 0 Å². The maximum atomic E-state index is 5.19. The molecule has 0 spiro atoms. The molecule has 2 nitrogen and oxygen atoms in total. The van der Waals surface area contributed by atoms with Crippen molar-refractivity contribution in [3.63, 3.8) is 0 Å². The van der Waals surface area contributed by atoms with Gasteiger partial charge in [-0.25, -0.2) is 0 Å². The smallest absolute Gasteiger partial charge is 0.0575 e. The van der Waals surface area contributed by atoms with Crippen molar-refractivity contribution in [2.75, 3.05) is 0 Å². The topological polar surface area (TPSA) is 38.4 Å². The molecule has 0 aliphatic carbocycles. The summed E-state index contributed by atoms with van der Waals surface area (Å²) in [6.45, 7) is 7.40. The van der Waals surface area contributed by atoms with Crippen LogP contribution in [0.1, 0.15) is 13.8 Å². The Kier molecular flexibility index (Phi) is 2.92. The molecule has 0 aromatic heterocycles. The fourth-order valence-corrected chi connectivity index (χ4v) is 0.428. The van der Waals surface area contributed by atoms with E-state index in [2.05, 4.69) is 11.7 Å². The van der Waals surface area contributed by atoms with Gasteiger partial charge in [0.1, 0.15) is 0 Å². The lowest BCUT2D eigenvalue weighted by molar-refractivity contribution is 0.756. The lowest BCUT2D eigenvalue weighted by atomic mass is 10.2. The van der Waals surface area contributed by atoms with Gasteiger partial charge in [0.2, 0.25) is 0 Å². The molecule has 0 fully saturated rings. The Morgan fingerprint density at radius 1 is 1.75 bits per heavy atom. The van der Waals surface area contributed by atoms with Crippen molar-refractivity contribution in [2.24, 2.45) is 16.6 Å². The highest BCUT2D eigenvalue weighted by atomic mass is 14.7. The van der Waals surface area contributed by atoms with Crippen LogP contribution in [0.3, 0.4) is 0 Å². The van der Waals surface area contributed by atoms with Crippen LogP contribution in [0.2, 0.25) is 0 Å². The first-order valence-corrected chi connectivity index (χ1v) is 2.61. The summed E-state index contributed by atoms with van der Waals surface area (Å²) in [5.74, 6) is 0.387. The first-order valence-electron chi connectivity index (χ1n) is 2.61. The summed E-state index contributed by atoms with van der Waals surface area (Å²) < 4.78 is 0. The third-order valence-electron chi connectivity index (χ3n) is 0.945. The Morgan fingerprint density at radius 2 is 2.25 bits per heavy atom. The molecule has 0 unspecified atom stereocenters. The molecule has 0 aromatic carbocycles. The van der Waals surface area contributed by atoms with E-state index >= 15 is 0 Å². The number of hydrogen-bond donors (Lipinski definition) is 1. The summed E-state index contributed by atoms with van der Waals surface area (Å²) in [5.41, 5.74) is 6.04. The number of aliphatic imine (C=N–C) groups is 1. The minimum Gasteiger partial charge on any atom is -0.403 e. The largest absolute Gasteiger partial charge is 0.403 e. The molecule has 0 rings (SSSR count). The predicted molar refractivity (Wildman–Crippen MR) is 36.7 cm³/mol. The van der Waals surface area contributed by atoms with Gasteiger partial charge in [-0.3, -0.25) is 4.99 Å². The summed E-state index contributed by atoms with van der Waals surface area (Å²) in [5, 5.41) is 0. The van der Waals surface area contributed by atoms with Crippen molar-refractivity contribution in [1.82, 2.24) is 0 Å². The van der Waals surface area contributed by atoms with Crippen molar-refractivity contribution in [3.8, 4) is 0 Å². The van der Waals surface area contributed by atoms with Gasteiger partial charge in [-0.2, -0.15) is 0 Å². The summed E-state index contributed by atoms with van der Waals surface area (Å²) in [6, 6.07) is 0. The second-order valence-corrected chi connectivity index (χ2v) is 1.90. The zero-order chi connectivity index (χ0) is 6.57. The summed E-state index contributed by atoms with van der Waals surface area (Å²) >= 11 is 0. The molecule has 0 saturated heterocycles. The van der Waals surface area contributed by atoms with Gasteiger partial charge in [-0.05, 0) is 12.6 Å². The lowest BCUT2D eigenvalue weighted by Gasteiger charge is -2.00. The molecule has 0 aliphatic heterocycles. The molecule has 2 N–H and O–H groups in total. The molecule has 0 bridgehead atoms. The van der Waals surface area contributed by atoms with E-state index in [1.807, 2.05) is 13.8 Å². The van der Waals surface area contributed by atoms with E-state index in [0.29, 0.717) is 5.92 Å². The standard InChI is InChI=1S/C6H12N2/c1-5(2)6(4-7)8-3/h4-5H,3,7H2,1-2H3/b6-4-.